The molecule has 3 heteroatoms. The molecule has 2 atom stereocenters. The van der Waals surface area contributed by atoms with Gasteiger partial charge in [-0.2, -0.15) is 0 Å². The third kappa shape index (κ3) is 1.38. The number of carbonyl (C=O) groups excluding carboxylic acids is 1. The molecule has 0 aliphatic carbocycles. The van der Waals surface area contributed by atoms with Crippen LogP contribution in [0.1, 0.15) is 25.7 Å². The van der Waals surface area contributed by atoms with Crippen molar-refractivity contribution in [1.29, 1.82) is 0 Å². The summed E-state index contributed by atoms with van der Waals surface area (Å²) in [6, 6.07) is 0. The van der Waals surface area contributed by atoms with Crippen LogP contribution in [0.25, 0.3) is 0 Å². The Morgan fingerprint density at radius 1 is 1.27 bits per heavy atom. The molecule has 0 saturated carbocycles. The van der Waals surface area contributed by atoms with E-state index < -0.39 is 0 Å². The van der Waals surface area contributed by atoms with E-state index in [1.165, 1.54) is 0 Å². The number of esters is 1. The van der Waals surface area contributed by atoms with E-state index >= 15 is 0 Å². The highest BCUT2D eigenvalue weighted by atomic mass is 16.6. The van der Waals surface area contributed by atoms with Crippen molar-refractivity contribution in [3.8, 4) is 0 Å². The molecule has 0 amide bonds. The van der Waals surface area contributed by atoms with Crippen molar-refractivity contribution < 1.29 is 14.3 Å². The second kappa shape index (κ2) is 2.81. The summed E-state index contributed by atoms with van der Waals surface area (Å²) in [5, 5.41) is 0. The van der Waals surface area contributed by atoms with Crippen LogP contribution in [0.3, 0.4) is 0 Å². The van der Waals surface area contributed by atoms with E-state index in [0.29, 0.717) is 6.42 Å². The van der Waals surface area contributed by atoms with Gasteiger partial charge in [-0.25, -0.2) is 0 Å². The van der Waals surface area contributed by atoms with Crippen molar-refractivity contribution in [2.24, 2.45) is 0 Å². The van der Waals surface area contributed by atoms with E-state index in [9.17, 15) is 4.79 Å². The van der Waals surface area contributed by atoms with Crippen LogP contribution in [0.4, 0.5) is 0 Å². The fourth-order valence-corrected chi connectivity index (χ4v) is 1.68. The molecule has 0 N–H and O–H groups in total. The first-order valence-corrected chi connectivity index (χ1v) is 4.17. The van der Waals surface area contributed by atoms with E-state index in [2.05, 4.69) is 0 Å². The number of rotatable bonds is 0. The lowest BCUT2D eigenvalue weighted by atomic mass is 10.1. The maximum atomic E-state index is 10.8. The van der Waals surface area contributed by atoms with Crippen molar-refractivity contribution in [3.05, 3.63) is 0 Å². The quantitative estimate of drug-likeness (QED) is 0.488. The molecule has 62 valence electrons. The standard InChI is InChI=1S/C8H12O3/c9-8-5-7-6(11-8)3-1-2-4-10-7/h6-7H,1-5H2/t6-,7+/m1/s1. The molecule has 0 spiro atoms. The summed E-state index contributed by atoms with van der Waals surface area (Å²) in [7, 11) is 0. The second-order valence-corrected chi connectivity index (χ2v) is 3.14. The minimum Gasteiger partial charge on any atom is -0.460 e. The molecule has 2 heterocycles. The Labute approximate surface area is 65.7 Å². The smallest absolute Gasteiger partial charge is 0.308 e. The summed E-state index contributed by atoms with van der Waals surface area (Å²) in [5.41, 5.74) is 0. The molecule has 0 bridgehead atoms. The molecule has 2 rings (SSSR count). The van der Waals surface area contributed by atoms with Crippen molar-refractivity contribution in [2.75, 3.05) is 6.61 Å². The van der Waals surface area contributed by atoms with Gasteiger partial charge in [0.1, 0.15) is 12.2 Å². The van der Waals surface area contributed by atoms with Crippen molar-refractivity contribution in [1.82, 2.24) is 0 Å². The summed E-state index contributed by atoms with van der Waals surface area (Å²) in [4.78, 5) is 10.8. The first-order chi connectivity index (χ1) is 5.36. The highest BCUT2D eigenvalue weighted by Gasteiger charge is 2.36. The molecule has 3 nitrogen and oxygen atoms in total. The number of hydrogen-bond acceptors (Lipinski definition) is 3. The summed E-state index contributed by atoms with van der Waals surface area (Å²) in [5.74, 6) is -0.0955. The van der Waals surface area contributed by atoms with Crippen LogP contribution >= 0.6 is 0 Å². The third-order valence-electron chi connectivity index (χ3n) is 2.28. The number of fused-ring (bicyclic) bond motifs is 1. The Bertz CT molecular complexity index is 151. The molecule has 2 aliphatic rings. The summed E-state index contributed by atoms with van der Waals surface area (Å²) < 4.78 is 10.5. The van der Waals surface area contributed by atoms with E-state index in [4.69, 9.17) is 9.47 Å². The Morgan fingerprint density at radius 2 is 2.18 bits per heavy atom. The maximum Gasteiger partial charge on any atom is 0.308 e. The lowest BCUT2D eigenvalue weighted by Crippen LogP contribution is -2.21. The van der Waals surface area contributed by atoms with Crippen LogP contribution in [-0.2, 0) is 14.3 Å². The fourth-order valence-electron chi connectivity index (χ4n) is 1.68. The molecule has 2 aliphatic heterocycles. The average Bonchev–Trinajstić information content (AvgIpc) is 2.17. The van der Waals surface area contributed by atoms with E-state index in [1.807, 2.05) is 0 Å². The van der Waals surface area contributed by atoms with Gasteiger partial charge in [0.05, 0.1) is 6.42 Å². The molecular formula is C8H12O3. The topological polar surface area (TPSA) is 35.5 Å². The van der Waals surface area contributed by atoms with Crippen LogP contribution < -0.4 is 0 Å². The van der Waals surface area contributed by atoms with Crippen LogP contribution in [0, 0.1) is 0 Å². The highest BCUT2D eigenvalue weighted by Crippen LogP contribution is 2.25. The Balaban J connectivity index is 2.01. The van der Waals surface area contributed by atoms with Gasteiger partial charge in [-0.15, -0.1) is 0 Å². The van der Waals surface area contributed by atoms with Gasteiger partial charge in [0.15, 0.2) is 0 Å². The molecule has 2 fully saturated rings. The van der Waals surface area contributed by atoms with Crippen LogP contribution in [0.5, 0.6) is 0 Å². The Hall–Kier alpha value is -0.570. The second-order valence-electron chi connectivity index (χ2n) is 3.14. The summed E-state index contributed by atoms with van der Waals surface area (Å²) in [6.45, 7) is 0.789. The maximum absolute atomic E-state index is 10.8. The zero-order chi connectivity index (χ0) is 7.68. The van der Waals surface area contributed by atoms with Gasteiger partial charge in [-0.05, 0) is 19.3 Å². The number of hydrogen-bond donors (Lipinski definition) is 0. The zero-order valence-corrected chi connectivity index (χ0v) is 6.41. The normalized spacial score (nSPS) is 37.6. The Morgan fingerprint density at radius 3 is 3.09 bits per heavy atom. The highest BCUT2D eigenvalue weighted by molar-refractivity contribution is 5.72. The number of carbonyl (C=O) groups is 1. The minimum absolute atomic E-state index is 0.0602. The van der Waals surface area contributed by atoms with Gasteiger partial charge in [0, 0.05) is 6.61 Å². The van der Waals surface area contributed by atoms with Gasteiger partial charge < -0.3 is 9.47 Å². The molecule has 0 radical (unpaired) electrons. The average molecular weight is 156 g/mol. The predicted octanol–water partition coefficient (Wildman–Crippen LogP) is 0.871. The van der Waals surface area contributed by atoms with Gasteiger partial charge in [-0.1, -0.05) is 0 Å². The largest absolute Gasteiger partial charge is 0.460 e. The van der Waals surface area contributed by atoms with E-state index in [-0.39, 0.29) is 18.2 Å². The van der Waals surface area contributed by atoms with Gasteiger partial charge in [0.25, 0.3) is 0 Å². The van der Waals surface area contributed by atoms with Crippen molar-refractivity contribution >= 4 is 5.97 Å². The fraction of sp³-hybridized carbons (Fsp3) is 0.875. The SMILES string of the molecule is O=C1C[C@@H]2OCCCC[C@H]2O1. The lowest BCUT2D eigenvalue weighted by Gasteiger charge is -2.12. The van der Waals surface area contributed by atoms with Gasteiger partial charge >= 0.3 is 5.97 Å². The zero-order valence-electron chi connectivity index (χ0n) is 6.41. The lowest BCUT2D eigenvalue weighted by molar-refractivity contribution is -0.141. The first-order valence-electron chi connectivity index (χ1n) is 4.17. The molecule has 0 aromatic heterocycles. The minimum atomic E-state index is -0.0955. The molecule has 0 aromatic rings. The summed E-state index contributed by atoms with van der Waals surface area (Å²) in [6.07, 6.45) is 3.79. The molecular weight excluding hydrogens is 144 g/mol. The van der Waals surface area contributed by atoms with E-state index in [0.717, 1.165) is 25.9 Å². The van der Waals surface area contributed by atoms with Crippen LogP contribution in [-0.4, -0.2) is 24.8 Å². The van der Waals surface area contributed by atoms with Crippen LogP contribution in [0.2, 0.25) is 0 Å². The van der Waals surface area contributed by atoms with Crippen molar-refractivity contribution in [2.45, 2.75) is 37.9 Å². The molecule has 0 aromatic carbocycles. The van der Waals surface area contributed by atoms with Crippen LogP contribution in [0.15, 0.2) is 0 Å². The Kier molecular flexibility index (Phi) is 1.82. The monoisotopic (exact) mass is 156 g/mol. The predicted molar refractivity (Wildman–Crippen MR) is 38.1 cm³/mol. The molecule has 2 saturated heterocycles. The van der Waals surface area contributed by atoms with Gasteiger partial charge in [0.2, 0.25) is 0 Å². The van der Waals surface area contributed by atoms with Crippen molar-refractivity contribution in [3.63, 3.8) is 0 Å². The van der Waals surface area contributed by atoms with E-state index in [1.54, 1.807) is 0 Å². The first kappa shape index (κ1) is 7.10. The van der Waals surface area contributed by atoms with Gasteiger partial charge in [-0.3, -0.25) is 4.79 Å². The summed E-state index contributed by atoms with van der Waals surface area (Å²) >= 11 is 0. The number of ether oxygens (including phenoxy) is 2. The third-order valence-corrected chi connectivity index (χ3v) is 2.28. The molecule has 0 unspecified atom stereocenters. The molecule has 11 heavy (non-hydrogen) atoms.